The quantitative estimate of drug-likeness (QED) is 0.282. The van der Waals surface area contributed by atoms with Crippen molar-refractivity contribution in [1.82, 2.24) is 5.32 Å². The number of benzene rings is 3. The lowest BCUT2D eigenvalue weighted by atomic mass is 10.2. The van der Waals surface area contributed by atoms with Gasteiger partial charge in [-0.05, 0) is 55.5 Å². The number of nitrogens with zero attached hydrogens (tertiary/aromatic N) is 1. The fourth-order valence-electron chi connectivity index (χ4n) is 3.21. The van der Waals surface area contributed by atoms with Crippen molar-refractivity contribution in [2.75, 3.05) is 37.4 Å². The van der Waals surface area contributed by atoms with Crippen molar-refractivity contribution in [3.8, 4) is 11.5 Å². The number of nitrogens with one attached hydrogen (secondary N) is 1. The summed E-state index contributed by atoms with van der Waals surface area (Å²) in [5.74, 6) is 0.900. The molecule has 0 fully saturated rings. The number of carbonyl (C=O) groups excluding carboxylic acids is 1. The van der Waals surface area contributed by atoms with Crippen LogP contribution in [0, 0.1) is 6.92 Å². The van der Waals surface area contributed by atoms with Crippen LogP contribution in [0.25, 0.3) is 0 Å². The molecule has 7 nitrogen and oxygen atoms in total. The summed E-state index contributed by atoms with van der Waals surface area (Å²) < 4.78 is 38.8. The molecule has 0 atom stereocenters. The molecule has 0 spiro atoms. The largest absolute Gasteiger partial charge is 0.493 e. The Labute approximate surface area is 215 Å². The van der Waals surface area contributed by atoms with Gasteiger partial charge >= 0.3 is 0 Å². The Morgan fingerprint density at radius 1 is 0.971 bits per heavy atom. The molecule has 35 heavy (non-hydrogen) atoms. The molecule has 0 unspecified atom stereocenters. The first-order chi connectivity index (χ1) is 16.7. The molecule has 0 aromatic heterocycles. The highest BCUT2D eigenvalue weighted by molar-refractivity contribution is 7.99. The van der Waals surface area contributed by atoms with Crippen LogP contribution in [0.1, 0.15) is 5.56 Å². The van der Waals surface area contributed by atoms with Crippen LogP contribution in [0.3, 0.4) is 0 Å². The van der Waals surface area contributed by atoms with Gasteiger partial charge in [0.05, 0.1) is 24.8 Å². The van der Waals surface area contributed by atoms with Crippen molar-refractivity contribution in [3.05, 3.63) is 77.3 Å². The Kier molecular flexibility index (Phi) is 9.31. The van der Waals surface area contributed by atoms with Crippen LogP contribution in [-0.2, 0) is 14.8 Å². The third-order valence-corrected chi connectivity index (χ3v) is 8.09. The maximum Gasteiger partial charge on any atom is 0.264 e. The number of rotatable bonds is 11. The van der Waals surface area contributed by atoms with E-state index in [1.54, 1.807) is 48.2 Å². The molecule has 0 saturated carbocycles. The van der Waals surface area contributed by atoms with Crippen LogP contribution in [-0.4, -0.2) is 47.4 Å². The number of methoxy groups -OCH3 is 2. The summed E-state index contributed by atoms with van der Waals surface area (Å²) in [6.07, 6.45) is 0. The monoisotopic (exact) mass is 534 g/mol. The van der Waals surface area contributed by atoms with Crippen molar-refractivity contribution in [1.29, 1.82) is 0 Å². The van der Waals surface area contributed by atoms with Crippen LogP contribution < -0.4 is 19.1 Å². The second kappa shape index (κ2) is 12.2. The molecule has 1 N–H and O–H groups in total. The summed E-state index contributed by atoms with van der Waals surface area (Å²) in [5, 5.41) is 3.47. The molecule has 0 aliphatic rings. The molecule has 0 heterocycles. The second-order valence-corrected chi connectivity index (χ2v) is 11.0. The fourth-order valence-corrected chi connectivity index (χ4v) is 5.54. The summed E-state index contributed by atoms with van der Waals surface area (Å²) >= 11 is 7.47. The van der Waals surface area contributed by atoms with Gasteiger partial charge in [0.1, 0.15) is 6.54 Å². The number of anilines is 1. The predicted molar refractivity (Wildman–Crippen MR) is 140 cm³/mol. The average Bonchev–Trinajstić information content (AvgIpc) is 2.86. The first kappa shape index (κ1) is 26.7. The number of amides is 1. The van der Waals surface area contributed by atoms with Gasteiger partial charge in [-0.15, -0.1) is 11.8 Å². The fraction of sp³-hybridized carbons (Fsp3) is 0.240. The Bertz CT molecular complexity index is 1250. The van der Waals surface area contributed by atoms with E-state index in [0.717, 1.165) is 14.8 Å². The minimum absolute atomic E-state index is 0.0122. The summed E-state index contributed by atoms with van der Waals surface area (Å²) in [6.45, 7) is 1.91. The molecule has 0 radical (unpaired) electrons. The maximum atomic E-state index is 13.6. The molecule has 1 amide bonds. The molecule has 0 aliphatic heterocycles. The molecule has 0 bridgehead atoms. The van der Waals surface area contributed by atoms with Gasteiger partial charge in [0.15, 0.2) is 11.5 Å². The standard InChI is InChI=1S/C25H27ClN2O5S2/c1-18-4-8-20(9-5-18)28(35(30,31)22-12-13-23(32-2)24(16-22)33-3)17-25(29)27-14-15-34-21-10-6-19(26)7-11-21/h4-13,16H,14-15,17H2,1-3H3,(H,27,29). The Hall–Kier alpha value is -2.88. The number of hydrogen-bond donors (Lipinski definition) is 1. The Morgan fingerprint density at radius 2 is 1.63 bits per heavy atom. The van der Waals surface area contributed by atoms with Gasteiger partial charge in [0.25, 0.3) is 10.0 Å². The van der Waals surface area contributed by atoms with E-state index in [2.05, 4.69) is 5.32 Å². The minimum atomic E-state index is -4.08. The van der Waals surface area contributed by atoms with E-state index in [9.17, 15) is 13.2 Å². The molecule has 0 aliphatic carbocycles. The second-order valence-electron chi connectivity index (χ2n) is 7.52. The van der Waals surface area contributed by atoms with Crippen molar-refractivity contribution in [2.24, 2.45) is 0 Å². The van der Waals surface area contributed by atoms with E-state index in [4.69, 9.17) is 21.1 Å². The highest BCUT2D eigenvalue weighted by atomic mass is 35.5. The Morgan fingerprint density at radius 3 is 2.26 bits per heavy atom. The predicted octanol–water partition coefficient (Wildman–Crippen LogP) is 4.77. The summed E-state index contributed by atoms with van der Waals surface area (Å²) in [7, 11) is -1.17. The van der Waals surface area contributed by atoms with Gasteiger partial charge in [-0.2, -0.15) is 0 Å². The summed E-state index contributed by atoms with van der Waals surface area (Å²) in [4.78, 5) is 13.8. The van der Waals surface area contributed by atoms with Gasteiger partial charge < -0.3 is 14.8 Å². The first-order valence-electron chi connectivity index (χ1n) is 10.7. The maximum absolute atomic E-state index is 13.6. The van der Waals surface area contributed by atoms with Crippen LogP contribution in [0.2, 0.25) is 5.02 Å². The van der Waals surface area contributed by atoms with Crippen LogP contribution >= 0.6 is 23.4 Å². The number of sulfonamides is 1. The van der Waals surface area contributed by atoms with Crippen LogP contribution in [0.4, 0.5) is 5.69 Å². The van der Waals surface area contributed by atoms with Crippen LogP contribution in [0.5, 0.6) is 11.5 Å². The topological polar surface area (TPSA) is 84.9 Å². The number of carbonyl (C=O) groups is 1. The van der Waals surface area contributed by atoms with E-state index < -0.39 is 15.9 Å². The molecular formula is C25H27ClN2O5S2. The molecule has 3 rings (SSSR count). The number of ether oxygens (including phenoxy) is 2. The van der Waals surface area contributed by atoms with Gasteiger partial charge in [-0.1, -0.05) is 29.3 Å². The highest BCUT2D eigenvalue weighted by Crippen LogP contribution is 2.32. The van der Waals surface area contributed by atoms with Gasteiger partial charge in [-0.3, -0.25) is 9.10 Å². The SMILES string of the molecule is COc1ccc(S(=O)(=O)N(CC(=O)NCCSc2ccc(Cl)cc2)c2ccc(C)cc2)cc1OC. The van der Waals surface area contributed by atoms with E-state index >= 15 is 0 Å². The average molecular weight is 535 g/mol. The molecule has 3 aromatic rings. The lowest BCUT2D eigenvalue weighted by molar-refractivity contribution is -0.119. The van der Waals surface area contributed by atoms with Crippen molar-refractivity contribution >= 4 is 45.0 Å². The zero-order valence-electron chi connectivity index (χ0n) is 19.7. The van der Waals surface area contributed by atoms with Crippen molar-refractivity contribution < 1.29 is 22.7 Å². The smallest absolute Gasteiger partial charge is 0.264 e. The zero-order chi connectivity index (χ0) is 25.4. The van der Waals surface area contributed by atoms with Gasteiger partial charge in [-0.25, -0.2) is 8.42 Å². The minimum Gasteiger partial charge on any atom is -0.493 e. The van der Waals surface area contributed by atoms with Crippen molar-refractivity contribution in [3.63, 3.8) is 0 Å². The Balaban J connectivity index is 1.76. The number of halogens is 1. The molecule has 186 valence electrons. The summed E-state index contributed by atoms with van der Waals surface area (Å²) in [6, 6.07) is 18.7. The number of aryl methyl sites for hydroxylation is 1. The van der Waals surface area contributed by atoms with Crippen molar-refractivity contribution in [2.45, 2.75) is 16.7 Å². The number of hydrogen-bond acceptors (Lipinski definition) is 6. The first-order valence-corrected chi connectivity index (χ1v) is 13.5. The molecular weight excluding hydrogens is 508 g/mol. The van der Waals surface area contributed by atoms with E-state index in [1.165, 1.54) is 32.4 Å². The van der Waals surface area contributed by atoms with E-state index in [0.29, 0.717) is 28.8 Å². The van der Waals surface area contributed by atoms with Gasteiger partial charge in [0.2, 0.25) is 5.91 Å². The molecule has 3 aromatic carbocycles. The molecule has 10 heteroatoms. The molecule has 0 saturated heterocycles. The normalized spacial score (nSPS) is 11.1. The lowest BCUT2D eigenvalue weighted by Crippen LogP contribution is -2.41. The van der Waals surface area contributed by atoms with Gasteiger partial charge in [0, 0.05) is 28.3 Å². The highest BCUT2D eigenvalue weighted by Gasteiger charge is 2.28. The van der Waals surface area contributed by atoms with E-state index in [1.807, 2.05) is 19.1 Å². The third kappa shape index (κ3) is 7.06. The summed E-state index contributed by atoms with van der Waals surface area (Å²) in [5.41, 5.74) is 1.36. The lowest BCUT2D eigenvalue weighted by Gasteiger charge is -2.24. The van der Waals surface area contributed by atoms with Crippen LogP contribution in [0.15, 0.2) is 76.5 Å². The third-order valence-electron chi connectivity index (χ3n) is 5.06. The zero-order valence-corrected chi connectivity index (χ0v) is 22.0. The van der Waals surface area contributed by atoms with E-state index in [-0.39, 0.29) is 17.2 Å². The number of thioether (sulfide) groups is 1.